The fourth-order valence-corrected chi connectivity index (χ4v) is 2.54. The maximum absolute atomic E-state index is 12.4. The zero-order valence-electron chi connectivity index (χ0n) is 12.3. The number of anilines is 1. The number of hydrogen-bond donors (Lipinski definition) is 1. The minimum Gasteiger partial charge on any atom is -0.478 e. The summed E-state index contributed by atoms with van der Waals surface area (Å²) in [5, 5.41) is 9.03. The summed E-state index contributed by atoms with van der Waals surface area (Å²) in [5.74, 6) is -0.813. The molecule has 0 aromatic heterocycles. The van der Waals surface area contributed by atoms with Crippen molar-refractivity contribution in [3.63, 3.8) is 0 Å². The molecule has 0 unspecified atom stereocenters. The Bertz CT molecular complexity index is 543. The molecule has 1 aromatic carbocycles. The van der Waals surface area contributed by atoms with E-state index in [-0.39, 0.29) is 16.9 Å². The third-order valence-electron chi connectivity index (χ3n) is 3.43. The lowest BCUT2D eigenvalue weighted by molar-refractivity contribution is -0.120. The maximum atomic E-state index is 12.4. The lowest BCUT2D eigenvalue weighted by Gasteiger charge is -2.32. The number of amides is 1. The predicted molar refractivity (Wildman–Crippen MR) is 78.1 cm³/mol. The molecule has 1 amide bonds. The first-order chi connectivity index (χ1) is 9.28. The van der Waals surface area contributed by atoms with Gasteiger partial charge in [0.2, 0.25) is 5.91 Å². The highest BCUT2D eigenvalue weighted by molar-refractivity contribution is 5.96. The van der Waals surface area contributed by atoms with Crippen LogP contribution < -0.4 is 4.90 Å². The standard InChI is InChI=1S/C16H21NO3/c1-16(2,3)10-14(18)17-8-4-5-11-9-12(15(19)20)6-7-13(11)17/h6-7,9H,4-5,8,10H2,1-3H3,(H,19,20). The molecule has 1 aromatic rings. The summed E-state index contributed by atoms with van der Waals surface area (Å²) in [6.45, 7) is 6.85. The highest BCUT2D eigenvalue weighted by atomic mass is 16.4. The van der Waals surface area contributed by atoms with Gasteiger partial charge in [-0.2, -0.15) is 0 Å². The minimum absolute atomic E-state index is 0.0459. The Balaban J connectivity index is 2.29. The summed E-state index contributed by atoms with van der Waals surface area (Å²) in [4.78, 5) is 25.2. The van der Waals surface area contributed by atoms with E-state index in [2.05, 4.69) is 0 Å². The number of hydrogen-bond acceptors (Lipinski definition) is 2. The van der Waals surface area contributed by atoms with Crippen molar-refractivity contribution in [2.75, 3.05) is 11.4 Å². The van der Waals surface area contributed by atoms with Crippen LogP contribution in [-0.4, -0.2) is 23.5 Å². The molecule has 0 saturated heterocycles. The van der Waals surface area contributed by atoms with E-state index >= 15 is 0 Å². The molecule has 1 aliphatic rings. The first kappa shape index (κ1) is 14.6. The van der Waals surface area contributed by atoms with Crippen molar-refractivity contribution >= 4 is 17.6 Å². The fraction of sp³-hybridized carbons (Fsp3) is 0.500. The molecule has 0 saturated carbocycles. The third-order valence-corrected chi connectivity index (χ3v) is 3.43. The minimum atomic E-state index is -0.925. The summed E-state index contributed by atoms with van der Waals surface area (Å²) >= 11 is 0. The van der Waals surface area contributed by atoms with Crippen LogP contribution in [0.1, 0.15) is 49.5 Å². The Morgan fingerprint density at radius 3 is 2.60 bits per heavy atom. The SMILES string of the molecule is CC(C)(C)CC(=O)N1CCCc2cc(C(=O)O)ccc21. The number of nitrogens with zero attached hydrogens (tertiary/aromatic N) is 1. The van der Waals surface area contributed by atoms with Gasteiger partial charge < -0.3 is 10.0 Å². The average Bonchev–Trinajstić information content (AvgIpc) is 2.35. The molecule has 0 fully saturated rings. The lowest BCUT2D eigenvalue weighted by atomic mass is 9.90. The molecular formula is C16H21NO3. The number of carboxylic acids is 1. The van der Waals surface area contributed by atoms with Gasteiger partial charge in [-0.15, -0.1) is 0 Å². The molecule has 4 nitrogen and oxygen atoms in total. The first-order valence-corrected chi connectivity index (χ1v) is 6.94. The van der Waals surface area contributed by atoms with Crippen LogP contribution >= 0.6 is 0 Å². The molecule has 0 radical (unpaired) electrons. The van der Waals surface area contributed by atoms with Gasteiger partial charge in [-0.05, 0) is 42.0 Å². The van der Waals surface area contributed by atoms with Gasteiger partial charge in [-0.25, -0.2) is 4.79 Å². The van der Waals surface area contributed by atoms with Crippen LogP contribution in [0, 0.1) is 5.41 Å². The maximum Gasteiger partial charge on any atom is 0.335 e. The van der Waals surface area contributed by atoms with Gasteiger partial charge in [0.25, 0.3) is 0 Å². The van der Waals surface area contributed by atoms with Gasteiger partial charge in [0.15, 0.2) is 0 Å². The number of fused-ring (bicyclic) bond motifs is 1. The molecule has 108 valence electrons. The summed E-state index contributed by atoms with van der Waals surface area (Å²) in [6.07, 6.45) is 2.20. The topological polar surface area (TPSA) is 57.6 Å². The van der Waals surface area contributed by atoms with Crippen LogP contribution in [0.15, 0.2) is 18.2 Å². The van der Waals surface area contributed by atoms with Gasteiger partial charge in [0, 0.05) is 18.7 Å². The summed E-state index contributed by atoms with van der Waals surface area (Å²) < 4.78 is 0. The Labute approximate surface area is 119 Å². The van der Waals surface area contributed by atoms with Crippen molar-refractivity contribution in [3.8, 4) is 0 Å². The lowest BCUT2D eigenvalue weighted by Crippen LogP contribution is -2.37. The van der Waals surface area contributed by atoms with Crippen LogP contribution in [0.4, 0.5) is 5.69 Å². The Morgan fingerprint density at radius 1 is 1.30 bits per heavy atom. The second-order valence-electron chi connectivity index (χ2n) is 6.54. The van der Waals surface area contributed by atoms with Gasteiger partial charge in [0.05, 0.1) is 5.56 Å². The zero-order chi connectivity index (χ0) is 14.9. The zero-order valence-corrected chi connectivity index (χ0v) is 12.3. The van der Waals surface area contributed by atoms with E-state index in [0.717, 1.165) is 24.1 Å². The number of rotatable bonds is 2. The number of benzene rings is 1. The molecule has 2 rings (SSSR count). The molecule has 1 aliphatic heterocycles. The molecule has 1 N–H and O–H groups in total. The Morgan fingerprint density at radius 2 is 2.00 bits per heavy atom. The van der Waals surface area contributed by atoms with Crippen molar-refractivity contribution in [1.82, 2.24) is 0 Å². The second-order valence-corrected chi connectivity index (χ2v) is 6.54. The van der Waals surface area contributed by atoms with Crippen LogP contribution in [0.25, 0.3) is 0 Å². The highest BCUT2D eigenvalue weighted by Gasteiger charge is 2.26. The first-order valence-electron chi connectivity index (χ1n) is 6.94. The summed E-state index contributed by atoms with van der Waals surface area (Å²) in [7, 11) is 0. The monoisotopic (exact) mass is 275 g/mol. The van der Waals surface area contributed by atoms with Crippen LogP contribution in [0.5, 0.6) is 0 Å². The smallest absolute Gasteiger partial charge is 0.335 e. The summed E-state index contributed by atoms with van der Waals surface area (Å²) in [6, 6.07) is 5.02. The number of aromatic carboxylic acids is 1. The van der Waals surface area contributed by atoms with Crippen molar-refractivity contribution in [3.05, 3.63) is 29.3 Å². The number of carbonyl (C=O) groups is 2. The molecular weight excluding hydrogens is 254 g/mol. The molecule has 0 bridgehead atoms. The molecule has 0 atom stereocenters. The van der Waals surface area contributed by atoms with Crippen molar-refractivity contribution in [2.45, 2.75) is 40.0 Å². The van der Waals surface area contributed by atoms with Crippen molar-refractivity contribution < 1.29 is 14.7 Å². The quantitative estimate of drug-likeness (QED) is 0.902. The van der Waals surface area contributed by atoms with E-state index in [1.165, 1.54) is 0 Å². The predicted octanol–water partition coefficient (Wildman–Crippen LogP) is 3.10. The van der Waals surface area contributed by atoms with Gasteiger partial charge >= 0.3 is 5.97 Å². The Hall–Kier alpha value is -1.84. The number of carbonyl (C=O) groups excluding carboxylic acids is 1. The largest absolute Gasteiger partial charge is 0.478 e. The molecule has 0 aliphatic carbocycles. The van der Waals surface area contributed by atoms with Gasteiger partial charge in [-0.3, -0.25) is 4.79 Å². The molecule has 20 heavy (non-hydrogen) atoms. The highest BCUT2D eigenvalue weighted by Crippen LogP contribution is 2.30. The molecule has 1 heterocycles. The van der Waals surface area contributed by atoms with Gasteiger partial charge in [0.1, 0.15) is 0 Å². The van der Waals surface area contributed by atoms with E-state index in [1.807, 2.05) is 20.8 Å². The van der Waals surface area contributed by atoms with Crippen molar-refractivity contribution in [2.24, 2.45) is 5.41 Å². The van der Waals surface area contributed by atoms with Crippen molar-refractivity contribution in [1.29, 1.82) is 0 Å². The third kappa shape index (κ3) is 3.18. The van der Waals surface area contributed by atoms with Crippen LogP contribution in [0.2, 0.25) is 0 Å². The number of carboxylic acid groups (broad SMARTS) is 1. The van der Waals surface area contributed by atoms with E-state index < -0.39 is 5.97 Å². The van der Waals surface area contributed by atoms with E-state index in [0.29, 0.717) is 13.0 Å². The van der Waals surface area contributed by atoms with E-state index in [9.17, 15) is 9.59 Å². The van der Waals surface area contributed by atoms with Crippen LogP contribution in [0.3, 0.4) is 0 Å². The molecule has 4 heteroatoms. The second kappa shape index (κ2) is 5.27. The normalized spacial score (nSPS) is 14.8. The van der Waals surface area contributed by atoms with Crippen LogP contribution in [-0.2, 0) is 11.2 Å². The number of aryl methyl sites for hydroxylation is 1. The van der Waals surface area contributed by atoms with E-state index in [1.54, 1.807) is 23.1 Å². The molecule has 0 spiro atoms. The van der Waals surface area contributed by atoms with E-state index in [4.69, 9.17) is 5.11 Å². The van der Waals surface area contributed by atoms with Gasteiger partial charge in [-0.1, -0.05) is 20.8 Å². The average molecular weight is 275 g/mol. The Kier molecular flexibility index (Phi) is 3.84. The summed E-state index contributed by atoms with van der Waals surface area (Å²) in [5.41, 5.74) is 2.07. The fourth-order valence-electron chi connectivity index (χ4n) is 2.54.